The summed E-state index contributed by atoms with van der Waals surface area (Å²) in [5.74, 6) is 0.642. The number of nitrogens with zero attached hydrogens (tertiary/aromatic N) is 1. The van der Waals surface area contributed by atoms with Gasteiger partial charge in [-0.3, -0.25) is 0 Å². The van der Waals surface area contributed by atoms with Gasteiger partial charge in [-0.1, -0.05) is 0 Å². The van der Waals surface area contributed by atoms with Gasteiger partial charge >= 0.3 is 0 Å². The molecule has 3 nitrogen and oxygen atoms in total. The van der Waals surface area contributed by atoms with Crippen molar-refractivity contribution in [1.82, 2.24) is 4.90 Å². The zero-order chi connectivity index (χ0) is 9.52. The Kier molecular flexibility index (Phi) is 5.35. The molecule has 1 unspecified atom stereocenters. The van der Waals surface area contributed by atoms with Gasteiger partial charge in [0.15, 0.2) is 0 Å². The summed E-state index contributed by atoms with van der Waals surface area (Å²) in [5.41, 5.74) is 0. The molecule has 1 atom stereocenters. The molecule has 0 aliphatic carbocycles. The summed E-state index contributed by atoms with van der Waals surface area (Å²) in [6, 6.07) is 0. The molecule has 0 aromatic heterocycles. The third-order valence-corrected chi connectivity index (χ3v) is 2.74. The van der Waals surface area contributed by atoms with Crippen molar-refractivity contribution in [2.45, 2.75) is 19.3 Å². The van der Waals surface area contributed by atoms with E-state index in [1.54, 1.807) is 7.11 Å². The fourth-order valence-electron chi connectivity index (χ4n) is 1.98. The zero-order valence-corrected chi connectivity index (χ0v) is 8.50. The van der Waals surface area contributed by atoms with Crippen LogP contribution < -0.4 is 0 Å². The molecule has 1 radical (unpaired) electrons. The monoisotopic (exact) mass is 186 g/mol. The molecule has 1 rings (SSSR count). The number of likely N-dealkylation sites (tertiary alicyclic amines) is 1. The Morgan fingerprint density at radius 1 is 1.54 bits per heavy atom. The number of hydrogen-bond donors (Lipinski definition) is 0. The molecule has 3 heteroatoms. The number of ether oxygens (including phenoxy) is 1. The summed E-state index contributed by atoms with van der Waals surface area (Å²) >= 11 is 0. The van der Waals surface area contributed by atoms with Crippen LogP contribution in [0.1, 0.15) is 19.3 Å². The van der Waals surface area contributed by atoms with Crippen LogP contribution in [0.5, 0.6) is 0 Å². The minimum Gasteiger partial charge on any atom is -0.383 e. The van der Waals surface area contributed by atoms with Crippen molar-refractivity contribution < 1.29 is 9.84 Å². The van der Waals surface area contributed by atoms with E-state index in [2.05, 4.69) is 4.90 Å². The Morgan fingerprint density at radius 3 is 3.08 bits per heavy atom. The first-order valence-electron chi connectivity index (χ1n) is 5.16. The van der Waals surface area contributed by atoms with Crippen LogP contribution in [0.15, 0.2) is 0 Å². The maximum Gasteiger partial charge on any atom is 0.0825 e. The molecule has 0 amide bonds. The van der Waals surface area contributed by atoms with Gasteiger partial charge in [0, 0.05) is 20.2 Å². The van der Waals surface area contributed by atoms with Crippen LogP contribution in [0.2, 0.25) is 0 Å². The van der Waals surface area contributed by atoms with Crippen molar-refractivity contribution in [3.8, 4) is 0 Å². The van der Waals surface area contributed by atoms with E-state index in [1.165, 1.54) is 19.4 Å². The second kappa shape index (κ2) is 6.35. The number of piperidine rings is 1. The molecule has 1 aliphatic heterocycles. The van der Waals surface area contributed by atoms with E-state index in [0.717, 1.165) is 26.1 Å². The van der Waals surface area contributed by atoms with Crippen LogP contribution in [-0.2, 0) is 9.84 Å². The molecule has 77 valence electrons. The molecule has 1 heterocycles. The van der Waals surface area contributed by atoms with Gasteiger partial charge < -0.3 is 9.64 Å². The van der Waals surface area contributed by atoms with Crippen molar-refractivity contribution in [2.75, 3.05) is 40.0 Å². The Bertz CT molecular complexity index is 128. The van der Waals surface area contributed by atoms with Crippen LogP contribution in [-0.4, -0.2) is 44.9 Å². The van der Waals surface area contributed by atoms with Gasteiger partial charge in [-0.05, 0) is 31.7 Å². The van der Waals surface area contributed by atoms with Gasteiger partial charge in [0.05, 0.1) is 13.2 Å². The number of methoxy groups -OCH3 is 1. The smallest absolute Gasteiger partial charge is 0.0825 e. The van der Waals surface area contributed by atoms with Crippen LogP contribution in [0.3, 0.4) is 0 Å². The molecule has 0 bridgehead atoms. The highest BCUT2D eigenvalue weighted by molar-refractivity contribution is 4.72. The highest BCUT2D eigenvalue weighted by Crippen LogP contribution is 2.18. The highest BCUT2D eigenvalue weighted by Gasteiger charge is 2.18. The molecule has 1 saturated heterocycles. The summed E-state index contributed by atoms with van der Waals surface area (Å²) < 4.78 is 5.04. The number of hydrogen-bond acceptors (Lipinski definition) is 2. The summed E-state index contributed by atoms with van der Waals surface area (Å²) in [6.07, 6.45) is 3.34. The lowest BCUT2D eigenvalue weighted by Gasteiger charge is -2.32. The van der Waals surface area contributed by atoms with Crippen LogP contribution in [0.4, 0.5) is 0 Å². The minimum atomic E-state index is 0.0861. The maximum atomic E-state index is 10.5. The second-order valence-electron chi connectivity index (χ2n) is 3.79. The predicted molar refractivity (Wildman–Crippen MR) is 51.2 cm³/mol. The molecule has 0 N–H and O–H groups in total. The summed E-state index contributed by atoms with van der Waals surface area (Å²) in [7, 11) is 1.74. The normalized spacial score (nSPS) is 24.9. The van der Waals surface area contributed by atoms with Gasteiger partial charge in [-0.15, -0.1) is 0 Å². The minimum absolute atomic E-state index is 0.0861. The Labute approximate surface area is 80.7 Å². The van der Waals surface area contributed by atoms with E-state index in [-0.39, 0.29) is 6.61 Å². The number of rotatable bonds is 5. The van der Waals surface area contributed by atoms with E-state index < -0.39 is 0 Å². The van der Waals surface area contributed by atoms with Gasteiger partial charge in [0.2, 0.25) is 0 Å². The SMILES string of the molecule is COCCN1CCCC(CC[O])C1. The van der Waals surface area contributed by atoms with Gasteiger partial charge in [-0.25, -0.2) is 5.11 Å². The van der Waals surface area contributed by atoms with E-state index in [1.807, 2.05) is 0 Å². The lowest BCUT2D eigenvalue weighted by atomic mass is 9.95. The van der Waals surface area contributed by atoms with Crippen molar-refractivity contribution in [3.63, 3.8) is 0 Å². The molecule has 0 aromatic rings. The second-order valence-corrected chi connectivity index (χ2v) is 3.79. The summed E-state index contributed by atoms with van der Waals surface area (Å²) in [4.78, 5) is 2.41. The molecule has 1 fully saturated rings. The quantitative estimate of drug-likeness (QED) is 0.645. The highest BCUT2D eigenvalue weighted by atomic mass is 16.5. The van der Waals surface area contributed by atoms with E-state index >= 15 is 0 Å². The molecular formula is C10H20NO2. The van der Waals surface area contributed by atoms with Gasteiger partial charge in [0.25, 0.3) is 0 Å². The molecule has 0 spiro atoms. The molecule has 0 aromatic carbocycles. The average Bonchev–Trinajstić information content (AvgIpc) is 2.16. The predicted octanol–water partition coefficient (Wildman–Crippen LogP) is 1.17. The zero-order valence-electron chi connectivity index (χ0n) is 8.50. The third-order valence-electron chi connectivity index (χ3n) is 2.74. The molecule has 0 saturated carbocycles. The Hall–Kier alpha value is -0.120. The fourth-order valence-corrected chi connectivity index (χ4v) is 1.98. The average molecular weight is 186 g/mol. The van der Waals surface area contributed by atoms with Gasteiger partial charge in [-0.2, -0.15) is 0 Å². The summed E-state index contributed by atoms with van der Waals surface area (Å²) in [5, 5.41) is 10.5. The maximum absolute atomic E-state index is 10.5. The van der Waals surface area contributed by atoms with E-state index in [9.17, 15) is 5.11 Å². The molecule has 1 aliphatic rings. The van der Waals surface area contributed by atoms with E-state index in [4.69, 9.17) is 4.74 Å². The molecule has 13 heavy (non-hydrogen) atoms. The third kappa shape index (κ3) is 4.07. The molecular weight excluding hydrogens is 166 g/mol. The first-order chi connectivity index (χ1) is 6.36. The fraction of sp³-hybridized carbons (Fsp3) is 1.00. The van der Waals surface area contributed by atoms with Crippen LogP contribution in [0, 0.1) is 5.92 Å². The topological polar surface area (TPSA) is 32.4 Å². The summed E-state index contributed by atoms with van der Waals surface area (Å²) in [6.45, 7) is 4.20. The first-order valence-corrected chi connectivity index (χ1v) is 5.16. The first kappa shape index (κ1) is 11.0. The van der Waals surface area contributed by atoms with E-state index in [0.29, 0.717) is 5.92 Å². The van der Waals surface area contributed by atoms with Crippen molar-refractivity contribution >= 4 is 0 Å². The van der Waals surface area contributed by atoms with Crippen molar-refractivity contribution in [1.29, 1.82) is 0 Å². The van der Waals surface area contributed by atoms with Crippen molar-refractivity contribution in [2.24, 2.45) is 5.92 Å². The van der Waals surface area contributed by atoms with Crippen LogP contribution >= 0.6 is 0 Å². The largest absolute Gasteiger partial charge is 0.383 e. The Balaban J connectivity index is 2.16. The Morgan fingerprint density at radius 2 is 2.38 bits per heavy atom. The lowest BCUT2D eigenvalue weighted by molar-refractivity contribution is 0.0955. The van der Waals surface area contributed by atoms with Gasteiger partial charge in [0.1, 0.15) is 0 Å². The lowest BCUT2D eigenvalue weighted by Crippen LogP contribution is -2.37. The van der Waals surface area contributed by atoms with Crippen molar-refractivity contribution in [3.05, 3.63) is 0 Å². The standard InChI is InChI=1S/C10H20NO2/c1-13-8-6-11-5-2-3-10(9-11)4-7-12/h10H,2-9H2,1H3. The van der Waals surface area contributed by atoms with Crippen LogP contribution in [0.25, 0.3) is 0 Å².